The first-order valence-corrected chi connectivity index (χ1v) is 25.9. The molecule has 0 spiro atoms. The van der Waals surface area contributed by atoms with Crippen molar-refractivity contribution in [1.29, 1.82) is 5.26 Å². The van der Waals surface area contributed by atoms with Crippen molar-refractivity contribution < 1.29 is 56.1 Å². The number of nitriles is 1. The van der Waals surface area contributed by atoms with Gasteiger partial charge in [-0.3, -0.25) is 29.0 Å². The van der Waals surface area contributed by atoms with E-state index in [1.807, 2.05) is 38.1 Å². The van der Waals surface area contributed by atoms with Crippen molar-refractivity contribution in [3.05, 3.63) is 89.0 Å². The van der Waals surface area contributed by atoms with Crippen LogP contribution in [0.1, 0.15) is 122 Å². The van der Waals surface area contributed by atoms with Gasteiger partial charge in [-0.1, -0.05) is 38.1 Å². The summed E-state index contributed by atoms with van der Waals surface area (Å²) in [4.78, 5) is 73.2. The third-order valence-electron chi connectivity index (χ3n) is 13.6. The standard InChI is InChI=1S/C55H70F3N7O9S/c1-34(2)45(60-47(66)35(3)62(9)52(70)74-53(4,5)6)49(68)63-26-15-19-43(63)48(67)61-46-41-18-12-11-17-36(41)31-44(46)73-30-16-28-71-27-13-10-14-29-72-40-24-22-38(23-25-40)65-51(75)64(50(69)54(65,7)8)39-21-20-37(33-59)42(32-39)55(56,57)58/h11-12,17-18,20-25,32,34-35,43-46H,10,13-16,19,26-31H2,1-9H3,(H,60,66)(H,61,67)/t35-,43-,44+,45-,46-/m0/s1. The van der Waals surface area contributed by atoms with Crippen molar-refractivity contribution in [2.45, 2.75) is 148 Å². The zero-order valence-electron chi connectivity index (χ0n) is 44.3. The lowest BCUT2D eigenvalue weighted by Gasteiger charge is -2.33. The second kappa shape index (κ2) is 24.6. The average molecular weight is 1060 g/mol. The molecule has 3 aromatic rings. The van der Waals surface area contributed by atoms with Crippen LogP contribution in [0.15, 0.2) is 66.7 Å². The zero-order chi connectivity index (χ0) is 55.0. The van der Waals surface area contributed by atoms with Crippen LogP contribution in [0.3, 0.4) is 0 Å². The van der Waals surface area contributed by atoms with Crippen molar-refractivity contribution in [3.8, 4) is 11.8 Å². The highest BCUT2D eigenvalue weighted by atomic mass is 32.1. The molecule has 75 heavy (non-hydrogen) atoms. The maximum absolute atomic E-state index is 14.1. The van der Waals surface area contributed by atoms with Gasteiger partial charge in [-0.25, -0.2) is 4.79 Å². The van der Waals surface area contributed by atoms with Gasteiger partial charge in [0, 0.05) is 45.5 Å². The average Bonchev–Trinajstić information content (AvgIpc) is 4.03. The Morgan fingerprint density at radius 2 is 1.59 bits per heavy atom. The molecule has 2 saturated heterocycles. The predicted molar refractivity (Wildman–Crippen MR) is 280 cm³/mol. The van der Waals surface area contributed by atoms with Gasteiger partial charge in [0.15, 0.2) is 5.11 Å². The molecule has 0 bridgehead atoms. The molecule has 2 fully saturated rings. The smallest absolute Gasteiger partial charge is 0.417 e. The Bertz CT molecular complexity index is 2600. The van der Waals surface area contributed by atoms with Crippen LogP contribution in [0, 0.1) is 17.2 Å². The number of likely N-dealkylation sites (N-methyl/N-ethyl adjacent to an activating group) is 1. The molecule has 0 unspecified atom stereocenters. The highest BCUT2D eigenvalue weighted by Gasteiger charge is 2.51. The van der Waals surface area contributed by atoms with Crippen molar-refractivity contribution in [2.24, 2.45) is 5.92 Å². The summed E-state index contributed by atoms with van der Waals surface area (Å²) in [5.74, 6) is -1.36. The number of alkyl halides is 3. The second-order valence-electron chi connectivity index (χ2n) is 21.0. The highest BCUT2D eigenvalue weighted by Crippen LogP contribution is 2.40. The summed E-state index contributed by atoms with van der Waals surface area (Å²) in [5, 5.41) is 15.3. The number of thiocarbonyl (C=S) groups is 1. The van der Waals surface area contributed by atoms with Gasteiger partial charge in [-0.2, -0.15) is 18.4 Å². The number of fused-ring (bicyclic) bond motifs is 1. The van der Waals surface area contributed by atoms with Gasteiger partial charge in [-0.05, 0) is 152 Å². The molecule has 0 saturated carbocycles. The van der Waals surface area contributed by atoms with E-state index in [9.17, 15) is 42.4 Å². The highest BCUT2D eigenvalue weighted by molar-refractivity contribution is 7.81. The minimum atomic E-state index is -4.80. The maximum Gasteiger partial charge on any atom is 0.417 e. The summed E-state index contributed by atoms with van der Waals surface area (Å²) in [6.07, 6.45) is -0.972. The van der Waals surface area contributed by atoms with E-state index in [-0.39, 0.29) is 34.6 Å². The lowest BCUT2D eigenvalue weighted by atomic mass is 10.0. The van der Waals surface area contributed by atoms with Crippen molar-refractivity contribution in [3.63, 3.8) is 0 Å². The molecule has 16 nitrogen and oxygen atoms in total. The molecule has 2 N–H and O–H groups in total. The Morgan fingerprint density at radius 3 is 2.25 bits per heavy atom. The monoisotopic (exact) mass is 1060 g/mol. The number of carbonyl (C=O) groups excluding carboxylic acids is 5. The van der Waals surface area contributed by atoms with Gasteiger partial charge in [0.2, 0.25) is 17.7 Å². The fourth-order valence-corrected chi connectivity index (χ4v) is 9.91. The van der Waals surface area contributed by atoms with Crippen LogP contribution in [0.4, 0.5) is 29.3 Å². The lowest BCUT2D eigenvalue weighted by molar-refractivity contribution is -0.143. The molecule has 2 aliphatic heterocycles. The van der Waals surface area contributed by atoms with Gasteiger partial charge in [0.25, 0.3) is 5.91 Å². The van der Waals surface area contributed by atoms with E-state index in [4.69, 9.17) is 31.2 Å². The van der Waals surface area contributed by atoms with Gasteiger partial charge < -0.3 is 39.4 Å². The van der Waals surface area contributed by atoms with Crippen molar-refractivity contribution >= 4 is 58.4 Å². The minimum Gasteiger partial charge on any atom is -0.494 e. The van der Waals surface area contributed by atoms with Gasteiger partial charge in [0.05, 0.1) is 41.6 Å². The largest absolute Gasteiger partial charge is 0.494 e. The Morgan fingerprint density at radius 1 is 0.920 bits per heavy atom. The van der Waals surface area contributed by atoms with Crippen LogP contribution in [-0.2, 0) is 46.0 Å². The number of benzene rings is 3. The molecular weight excluding hydrogens is 992 g/mol. The summed E-state index contributed by atoms with van der Waals surface area (Å²) < 4.78 is 64.9. The molecule has 20 heteroatoms. The Labute approximate surface area is 443 Å². The number of amides is 5. The SMILES string of the molecule is CC(C)[C@H](NC(=O)[C@H](C)N(C)C(=O)OC(C)(C)C)C(=O)N1CCC[C@H]1C(=O)N[C@H]1c2ccccc2C[C@H]1OCCCOCCCCCOc1ccc(N2C(=S)N(c3ccc(C#N)c(C(F)(F)F)c3)C(=O)C2(C)C)cc1. The maximum atomic E-state index is 14.1. The molecular formula is C55H70F3N7O9S. The van der Waals surface area contributed by atoms with E-state index < -0.39 is 70.5 Å². The van der Waals surface area contributed by atoms with Crippen LogP contribution in [-0.4, -0.2) is 120 Å². The number of ether oxygens (including phenoxy) is 4. The minimum absolute atomic E-state index is 0.00578. The third kappa shape index (κ3) is 14.0. The van der Waals surface area contributed by atoms with E-state index in [0.717, 1.165) is 47.4 Å². The Hall–Kier alpha value is -6.30. The molecule has 406 valence electrons. The first-order chi connectivity index (χ1) is 35.3. The van der Waals surface area contributed by atoms with Gasteiger partial charge in [0.1, 0.15) is 35.0 Å². The Kier molecular flexibility index (Phi) is 19.0. The number of anilines is 2. The molecule has 5 atom stereocenters. The molecule has 0 radical (unpaired) electrons. The van der Waals surface area contributed by atoms with E-state index in [2.05, 4.69) is 10.6 Å². The molecule has 2 heterocycles. The van der Waals surface area contributed by atoms with Crippen LogP contribution < -0.4 is 25.2 Å². The van der Waals surface area contributed by atoms with Gasteiger partial charge >= 0.3 is 12.3 Å². The molecule has 5 amide bonds. The van der Waals surface area contributed by atoms with Crippen LogP contribution in [0.5, 0.6) is 5.75 Å². The number of likely N-dealkylation sites (tertiary alicyclic amines) is 1. The quantitative estimate of drug-likeness (QED) is 0.0767. The molecule has 1 aliphatic carbocycles. The number of rotatable bonds is 21. The van der Waals surface area contributed by atoms with E-state index in [1.165, 1.54) is 18.0 Å². The number of nitrogens with one attached hydrogen (secondary N) is 2. The number of unbranched alkanes of at least 4 members (excludes halogenated alkanes) is 2. The summed E-state index contributed by atoms with van der Waals surface area (Å²) in [5.41, 5.74) is -1.14. The van der Waals surface area contributed by atoms with E-state index >= 15 is 0 Å². The number of halogens is 3. The van der Waals surface area contributed by atoms with Crippen LogP contribution in [0.25, 0.3) is 0 Å². The molecule has 3 aliphatic rings. The van der Waals surface area contributed by atoms with Crippen molar-refractivity contribution in [2.75, 3.05) is 49.8 Å². The van der Waals surface area contributed by atoms with E-state index in [0.29, 0.717) is 70.1 Å². The lowest BCUT2D eigenvalue weighted by Crippen LogP contribution is -2.58. The van der Waals surface area contributed by atoms with Crippen LogP contribution in [0.2, 0.25) is 0 Å². The Balaban J connectivity index is 0.911. The number of carbonyl (C=O) groups is 5. The first kappa shape index (κ1) is 58.0. The predicted octanol–water partition coefficient (Wildman–Crippen LogP) is 8.64. The van der Waals surface area contributed by atoms with Crippen LogP contribution >= 0.6 is 12.2 Å². The molecule has 0 aromatic heterocycles. The summed E-state index contributed by atoms with van der Waals surface area (Å²) >= 11 is 5.65. The van der Waals surface area contributed by atoms with Crippen molar-refractivity contribution in [1.82, 2.24) is 20.4 Å². The fourth-order valence-electron chi connectivity index (χ4n) is 9.39. The van der Waals surface area contributed by atoms with Gasteiger partial charge in [-0.15, -0.1) is 0 Å². The number of hydrogen-bond donors (Lipinski definition) is 2. The third-order valence-corrected chi connectivity index (χ3v) is 14.0. The first-order valence-electron chi connectivity index (χ1n) is 25.5. The van der Waals surface area contributed by atoms with E-state index in [1.54, 1.807) is 81.7 Å². The summed E-state index contributed by atoms with van der Waals surface area (Å²) in [6, 6.07) is 16.5. The number of hydrogen-bond acceptors (Lipinski definition) is 11. The summed E-state index contributed by atoms with van der Waals surface area (Å²) in [7, 11) is 1.47. The number of nitrogens with zero attached hydrogens (tertiary/aromatic N) is 5. The summed E-state index contributed by atoms with van der Waals surface area (Å²) in [6.45, 7) is 16.0. The second-order valence-corrected chi connectivity index (χ2v) is 21.4. The topological polar surface area (TPSA) is 183 Å². The normalized spacial score (nSPS) is 19.1. The molecule has 6 rings (SSSR count). The zero-order valence-corrected chi connectivity index (χ0v) is 45.1. The molecule has 3 aromatic carbocycles. The fraction of sp³-hybridized carbons (Fsp3) is 0.545.